The number of hydrogen-bond acceptors (Lipinski definition) is 2. The SMILES string of the molecule is CCc1ccc(C(O)C(C)C#N)cc1. The third kappa shape index (κ3) is 2.34. The lowest BCUT2D eigenvalue weighted by Gasteiger charge is -2.12. The highest BCUT2D eigenvalue weighted by molar-refractivity contribution is 5.25. The zero-order valence-corrected chi connectivity index (χ0v) is 8.57. The summed E-state index contributed by atoms with van der Waals surface area (Å²) in [5.41, 5.74) is 2.06. The van der Waals surface area contributed by atoms with Crippen LogP contribution in [-0.4, -0.2) is 5.11 Å². The van der Waals surface area contributed by atoms with Gasteiger partial charge < -0.3 is 5.11 Å². The minimum absolute atomic E-state index is 0.359. The molecular formula is C12H15NO. The molecule has 0 spiro atoms. The van der Waals surface area contributed by atoms with Gasteiger partial charge in [0.2, 0.25) is 0 Å². The first kappa shape index (κ1) is 10.7. The van der Waals surface area contributed by atoms with Crippen molar-refractivity contribution in [3.63, 3.8) is 0 Å². The lowest BCUT2D eigenvalue weighted by atomic mass is 9.97. The molecule has 1 aromatic rings. The second-order valence-corrected chi connectivity index (χ2v) is 3.46. The highest BCUT2D eigenvalue weighted by Gasteiger charge is 2.14. The van der Waals surface area contributed by atoms with Gasteiger partial charge in [-0.25, -0.2) is 0 Å². The largest absolute Gasteiger partial charge is 0.387 e. The van der Waals surface area contributed by atoms with Crippen LogP contribution in [0.15, 0.2) is 24.3 Å². The Morgan fingerprint density at radius 2 is 1.93 bits per heavy atom. The summed E-state index contributed by atoms with van der Waals surface area (Å²) in [6, 6.07) is 9.79. The standard InChI is InChI=1S/C12H15NO/c1-3-10-4-6-11(7-5-10)12(14)9(2)8-13/h4-7,9,12,14H,3H2,1-2H3. The van der Waals surface area contributed by atoms with Gasteiger partial charge in [0.25, 0.3) is 0 Å². The summed E-state index contributed by atoms with van der Waals surface area (Å²) in [5.74, 6) is -0.359. The van der Waals surface area contributed by atoms with Gasteiger partial charge >= 0.3 is 0 Å². The van der Waals surface area contributed by atoms with E-state index in [1.807, 2.05) is 30.3 Å². The number of aryl methyl sites for hydroxylation is 1. The van der Waals surface area contributed by atoms with Crippen LogP contribution >= 0.6 is 0 Å². The van der Waals surface area contributed by atoms with Crippen LogP contribution < -0.4 is 0 Å². The third-order valence-corrected chi connectivity index (χ3v) is 2.41. The summed E-state index contributed by atoms with van der Waals surface area (Å²) in [4.78, 5) is 0. The van der Waals surface area contributed by atoms with E-state index in [1.165, 1.54) is 5.56 Å². The number of aliphatic hydroxyl groups is 1. The molecule has 0 aliphatic rings. The van der Waals surface area contributed by atoms with Gasteiger partial charge in [0.05, 0.1) is 18.1 Å². The van der Waals surface area contributed by atoms with E-state index in [9.17, 15) is 5.11 Å². The van der Waals surface area contributed by atoms with Gasteiger partial charge in [0, 0.05) is 0 Å². The molecule has 0 radical (unpaired) electrons. The highest BCUT2D eigenvalue weighted by Crippen LogP contribution is 2.21. The Balaban J connectivity index is 2.82. The second-order valence-electron chi connectivity index (χ2n) is 3.46. The summed E-state index contributed by atoms with van der Waals surface area (Å²) in [5, 5.41) is 18.4. The van der Waals surface area contributed by atoms with E-state index in [0.29, 0.717) is 0 Å². The molecule has 0 bridgehead atoms. The lowest BCUT2D eigenvalue weighted by Crippen LogP contribution is -2.06. The molecule has 74 valence electrons. The fourth-order valence-corrected chi connectivity index (χ4v) is 1.31. The zero-order chi connectivity index (χ0) is 10.6. The summed E-state index contributed by atoms with van der Waals surface area (Å²) < 4.78 is 0. The topological polar surface area (TPSA) is 44.0 Å². The van der Waals surface area contributed by atoms with Gasteiger partial charge in [-0.1, -0.05) is 31.2 Å². The molecule has 1 rings (SSSR count). The summed E-state index contributed by atoms with van der Waals surface area (Å²) in [6.45, 7) is 3.81. The molecule has 2 nitrogen and oxygen atoms in total. The molecule has 14 heavy (non-hydrogen) atoms. The van der Waals surface area contributed by atoms with Crippen molar-refractivity contribution in [3.8, 4) is 6.07 Å². The Morgan fingerprint density at radius 3 is 2.36 bits per heavy atom. The molecule has 0 fully saturated rings. The Labute approximate surface area is 84.8 Å². The van der Waals surface area contributed by atoms with Crippen molar-refractivity contribution in [2.45, 2.75) is 26.4 Å². The molecule has 2 unspecified atom stereocenters. The van der Waals surface area contributed by atoms with Crippen LogP contribution in [0, 0.1) is 17.2 Å². The first-order valence-electron chi connectivity index (χ1n) is 4.85. The van der Waals surface area contributed by atoms with Crippen LogP contribution in [0.1, 0.15) is 31.1 Å². The zero-order valence-electron chi connectivity index (χ0n) is 8.57. The molecular weight excluding hydrogens is 174 g/mol. The number of nitrogens with zero attached hydrogens (tertiary/aromatic N) is 1. The van der Waals surface area contributed by atoms with Crippen LogP contribution in [0.2, 0.25) is 0 Å². The third-order valence-electron chi connectivity index (χ3n) is 2.41. The van der Waals surface area contributed by atoms with Crippen molar-refractivity contribution < 1.29 is 5.11 Å². The average molecular weight is 189 g/mol. The van der Waals surface area contributed by atoms with Gasteiger partial charge in [0.15, 0.2) is 0 Å². The molecule has 0 aromatic heterocycles. The molecule has 1 N–H and O–H groups in total. The van der Waals surface area contributed by atoms with Crippen molar-refractivity contribution in [3.05, 3.63) is 35.4 Å². The quantitative estimate of drug-likeness (QED) is 0.793. The van der Waals surface area contributed by atoms with Crippen molar-refractivity contribution >= 4 is 0 Å². The number of aliphatic hydroxyl groups excluding tert-OH is 1. The van der Waals surface area contributed by atoms with Crippen LogP contribution in [0.25, 0.3) is 0 Å². The van der Waals surface area contributed by atoms with Crippen molar-refractivity contribution in [1.29, 1.82) is 5.26 Å². The van der Waals surface area contributed by atoms with E-state index in [1.54, 1.807) is 6.92 Å². The highest BCUT2D eigenvalue weighted by atomic mass is 16.3. The van der Waals surface area contributed by atoms with Crippen LogP contribution in [0.3, 0.4) is 0 Å². The molecule has 0 aliphatic heterocycles. The van der Waals surface area contributed by atoms with Crippen molar-refractivity contribution in [2.24, 2.45) is 5.92 Å². The Morgan fingerprint density at radius 1 is 1.36 bits per heavy atom. The number of hydrogen-bond donors (Lipinski definition) is 1. The van der Waals surface area contributed by atoms with E-state index >= 15 is 0 Å². The number of benzene rings is 1. The van der Waals surface area contributed by atoms with E-state index in [4.69, 9.17) is 5.26 Å². The van der Waals surface area contributed by atoms with Crippen molar-refractivity contribution in [1.82, 2.24) is 0 Å². The first-order chi connectivity index (χ1) is 6.69. The van der Waals surface area contributed by atoms with Gasteiger partial charge in [0.1, 0.15) is 0 Å². The van der Waals surface area contributed by atoms with Crippen LogP contribution in [0.5, 0.6) is 0 Å². The van der Waals surface area contributed by atoms with Crippen LogP contribution in [0.4, 0.5) is 0 Å². The minimum Gasteiger partial charge on any atom is -0.387 e. The summed E-state index contributed by atoms with van der Waals surface area (Å²) in [7, 11) is 0. The van der Waals surface area contributed by atoms with E-state index in [-0.39, 0.29) is 5.92 Å². The molecule has 1 aromatic carbocycles. The molecule has 0 saturated carbocycles. The minimum atomic E-state index is -0.675. The number of nitriles is 1. The average Bonchev–Trinajstić information content (AvgIpc) is 2.27. The smallest absolute Gasteiger partial charge is 0.0945 e. The van der Waals surface area contributed by atoms with Gasteiger partial charge in [-0.3, -0.25) is 0 Å². The maximum Gasteiger partial charge on any atom is 0.0945 e. The lowest BCUT2D eigenvalue weighted by molar-refractivity contribution is 0.143. The van der Waals surface area contributed by atoms with Crippen molar-refractivity contribution in [2.75, 3.05) is 0 Å². The Bertz CT molecular complexity index is 323. The first-order valence-corrected chi connectivity index (χ1v) is 4.85. The monoisotopic (exact) mass is 189 g/mol. The van der Waals surface area contributed by atoms with E-state index in [0.717, 1.165) is 12.0 Å². The summed E-state index contributed by atoms with van der Waals surface area (Å²) in [6.07, 6.45) is 0.315. The fraction of sp³-hybridized carbons (Fsp3) is 0.417. The molecule has 0 saturated heterocycles. The molecule has 0 heterocycles. The molecule has 2 heteroatoms. The Hall–Kier alpha value is -1.33. The predicted octanol–water partition coefficient (Wildman–Crippen LogP) is 2.44. The second kappa shape index (κ2) is 4.78. The molecule has 0 aliphatic carbocycles. The van der Waals surface area contributed by atoms with E-state index < -0.39 is 6.10 Å². The van der Waals surface area contributed by atoms with Crippen LogP contribution in [-0.2, 0) is 6.42 Å². The predicted molar refractivity (Wildman–Crippen MR) is 55.6 cm³/mol. The van der Waals surface area contributed by atoms with Gasteiger partial charge in [-0.15, -0.1) is 0 Å². The summed E-state index contributed by atoms with van der Waals surface area (Å²) >= 11 is 0. The van der Waals surface area contributed by atoms with E-state index in [2.05, 4.69) is 6.92 Å². The maximum absolute atomic E-state index is 9.73. The Kier molecular flexibility index (Phi) is 3.67. The normalized spacial score (nSPS) is 14.4. The van der Waals surface area contributed by atoms with Gasteiger partial charge in [-0.05, 0) is 24.5 Å². The number of rotatable bonds is 3. The molecule has 2 atom stereocenters. The van der Waals surface area contributed by atoms with Gasteiger partial charge in [-0.2, -0.15) is 5.26 Å². The fourth-order valence-electron chi connectivity index (χ4n) is 1.31. The molecule has 0 amide bonds. The maximum atomic E-state index is 9.73.